The summed E-state index contributed by atoms with van der Waals surface area (Å²) in [5.41, 5.74) is 0.664. The van der Waals surface area contributed by atoms with Crippen molar-refractivity contribution in [2.75, 3.05) is 13.1 Å². The molecule has 1 aliphatic heterocycles. The van der Waals surface area contributed by atoms with Crippen molar-refractivity contribution < 1.29 is 27.1 Å². The van der Waals surface area contributed by atoms with E-state index < -0.39 is 11.7 Å². The molecule has 0 atom stereocenters. The van der Waals surface area contributed by atoms with Gasteiger partial charge in [0, 0.05) is 31.2 Å². The van der Waals surface area contributed by atoms with Gasteiger partial charge < -0.3 is 14.5 Å². The van der Waals surface area contributed by atoms with Gasteiger partial charge >= 0.3 is 6.18 Å². The molecule has 2 heterocycles. The number of likely N-dealkylation sites (tertiary alicyclic amines) is 1. The van der Waals surface area contributed by atoms with E-state index in [9.17, 15) is 18.0 Å². The minimum atomic E-state index is -4.34. The molecule has 1 amide bonds. The maximum atomic E-state index is 12.9. The van der Waals surface area contributed by atoms with Crippen LogP contribution >= 0.6 is 0 Å². The molecule has 2 aromatic carbocycles. The van der Waals surface area contributed by atoms with Crippen molar-refractivity contribution in [3.8, 4) is 5.75 Å². The molecule has 1 N–H and O–H groups in total. The number of furan rings is 1. The van der Waals surface area contributed by atoms with Gasteiger partial charge in [0.2, 0.25) is 0 Å². The molecular formula is C25H25F3N2O3. The van der Waals surface area contributed by atoms with E-state index in [1.807, 2.05) is 30.3 Å². The lowest BCUT2D eigenvalue weighted by Gasteiger charge is -2.32. The Hall–Kier alpha value is -3.26. The van der Waals surface area contributed by atoms with E-state index >= 15 is 0 Å². The van der Waals surface area contributed by atoms with E-state index in [1.165, 1.54) is 18.4 Å². The first-order valence-electron chi connectivity index (χ1n) is 10.8. The number of carbonyl (C=O) groups excluding carboxylic acids is 1. The molecule has 0 unspecified atom stereocenters. The van der Waals surface area contributed by atoms with E-state index in [-0.39, 0.29) is 24.3 Å². The highest BCUT2D eigenvalue weighted by Crippen LogP contribution is 2.30. The molecule has 1 saturated heterocycles. The third-order valence-electron chi connectivity index (χ3n) is 5.67. The van der Waals surface area contributed by atoms with Crippen molar-refractivity contribution in [2.24, 2.45) is 0 Å². The van der Waals surface area contributed by atoms with Gasteiger partial charge in [-0.25, -0.2) is 0 Å². The molecule has 0 saturated carbocycles. The first-order chi connectivity index (χ1) is 15.9. The van der Waals surface area contributed by atoms with Gasteiger partial charge in [-0.2, -0.15) is 13.2 Å². The van der Waals surface area contributed by atoms with E-state index in [0.717, 1.165) is 6.07 Å². The van der Waals surface area contributed by atoms with Gasteiger partial charge in [0.15, 0.2) is 5.76 Å². The van der Waals surface area contributed by atoms with Gasteiger partial charge in [-0.1, -0.05) is 36.4 Å². The van der Waals surface area contributed by atoms with Crippen LogP contribution in [-0.4, -0.2) is 29.9 Å². The number of amides is 1. The standard InChI is InChI=1S/C25H25F3N2O3/c26-25(27,28)20-6-4-5-18(15-20)16-30-12-9-21(10-13-30)29-24(31)23-19(11-14-32-23)17-33-22-7-2-1-3-8-22/h1-8,11,14-15,21H,9-10,12-13,16-17H2,(H,29,31). The minimum absolute atomic E-state index is 0.0248. The Bertz CT molecular complexity index is 1060. The topological polar surface area (TPSA) is 54.7 Å². The summed E-state index contributed by atoms with van der Waals surface area (Å²) in [7, 11) is 0. The van der Waals surface area contributed by atoms with E-state index in [1.54, 1.807) is 12.1 Å². The van der Waals surface area contributed by atoms with Crippen molar-refractivity contribution in [1.29, 1.82) is 0 Å². The maximum absolute atomic E-state index is 12.9. The molecule has 33 heavy (non-hydrogen) atoms. The number of hydrogen-bond acceptors (Lipinski definition) is 4. The molecule has 0 bridgehead atoms. The van der Waals surface area contributed by atoms with Crippen LogP contribution in [0.5, 0.6) is 5.75 Å². The number of benzene rings is 2. The summed E-state index contributed by atoms with van der Waals surface area (Å²) in [6.45, 7) is 2.04. The van der Waals surface area contributed by atoms with Gasteiger partial charge in [0.25, 0.3) is 5.91 Å². The van der Waals surface area contributed by atoms with Gasteiger partial charge in [-0.3, -0.25) is 9.69 Å². The Kier molecular flexibility index (Phi) is 7.03. The molecule has 1 fully saturated rings. The number of halogens is 3. The average molecular weight is 458 g/mol. The number of piperidine rings is 1. The Morgan fingerprint density at radius 3 is 2.55 bits per heavy atom. The minimum Gasteiger partial charge on any atom is -0.489 e. The fourth-order valence-corrected chi connectivity index (χ4v) is 3.92. The Balaban J connectivity index is 1.27. The van der Waals surface area contributed by atoms with E-state index in [4.69, 9.17) is 9.15 Å². The lowest BCUT2D eigenvalue weighted by Crippen LogP contribution is -2.44. The molecule has 4 rings (SSSR count). The van der Waals surface area contributed by atoms with Gasteiger partial charge in [0.1, 0.15) is 12.4 Å². The van der Waals surface area contributed by atoms with Crippen LogP contribution in [0.1, 0.15) is 40.1 Å². The first kappa shape index (κ1) is 22.9. The molecule has 174 valence electrons. The molecule has 8 heteroatoms. The summed E-state index contributed by atoms with van der Waals surface area (Å²) in [6, 6.07) is 16.4. The average Bonchev–Trinajstić information content (AvgIpc) is 3.28. The van der Waals surface area contributed by atoms with Crippen molar-refractivity contribution >= 4 is 5.91 Å². The Morgan fingerprint density at radius 2 is 1.82 bits per heavy atom. The third kappa shape index (κ3) is 6.16. The van der Waals surface area contributed by atoms with Crippen molar-refractivity contribution in [1.82, 2.24) is 10.2 Å². The third-order valence-corrected chi connectivity index (χ3v) is 5.67. The second-order valence-electron chi connectivity index (χ2n) is 8.10. The zero-order valence-corrected chi connectivity index (χ0v) is 18.0. The number of alkyl halides is 3. The summed E-state index contributed by atoms with van der Waals surface area (Å²) in [4.78, 5) is 14.8. The van der Waals surface area contributed by atoms with Crippen molar-refractivity contribution in [3.63, 3.8) is 0 Å². The molecule has 1 aliphatic rings. The summed E-state index contributed by atoms with van der Waals surface area (Å²) in [5.74, 6) is 0.651. The van der Waals surface area contributed by atoms with Crippen LogP contribution in [0.15, 0.2) is 71.3 Å². The normalized spacial score (nSPS) is 15.4. The zero-order valence-electron chi connectivity index (χ0n) is 18.0. The van der Waals surface area contributed by atoms with Crippen LogP contribution in [0.4, 0.5) is 13.2 Å². The number of carbonyl (C=O) groups is 1. The molecule has 1 aromatic heterocycles. The SMILES string of the molecule is O=C(NC1CCN(Cc2cccc(C(F)(F)F)c2)CC1)c1occc1COc1ccccc1. The number of para-hydroxylation sites is 1. The Labute approximate surface area is 190 Å². The highest BCUT2D eigenvalue weighted by atomic mass is 19.4. The maximum Gasteiger partial charge on any atom is 0.416 e. The van der Waals surface area contributed by atoms with Crippen LogP contribution in [0.3, 0.4) is 0 Å². The monoisotopic (exact) mass is 458 g/mol. The highest BCUT2D eigenvalue weighted by Gasteiger charge is 2.30. The number of ether oxygens (including phenoxy) is 1. The van der Waals surface area contributed by atoms with Crippen LogP contribution in [0, 0.1) is 0 Å². The Morgan fingerprint density at radius 1 is 1.06 bits per heavy atom. The first-order valence-corrected chi connectivity index (χ1v) is 10.8. The summed E-state index contributed by atoms with van der Waals surface area (Å²) >= 11 is 0. The zero-order chi connectivity index (χ0) is 23.3. The van der Waals surface area contributed by atoms with E-state index in [0.29, 0.717) is 49.4 Å². The van der Waals surface area contributed by atoms with Crippen LogP contribution in [0.2, 0.25) is 0 Å². The molecule has 3 aromatic rings. The van der Waals surface area contributed by atoms with Crippen LogP contribution in [-0.2, 0) is 19.3 Å². The predicted octanol–water partition coefficient (Wildman–Crippen LogP) is 5.27. The number of nitrogens with one attached hydrogen (secondary N) is 1. The second kappa shape index (κ2) is 10.1. The fourth-order valence-electron chi connectivity index (χ4n) is 3.92. The van der Waals surface area contributed by atoms with Gasteiger partial charge in [-0.05, 0) is 42.7 Å². The largest absolute Gasteiger partial charge is 0.489 e. The summed E-state index contributed by atoms with van der Waals surface area (Å²) in [6.07, 6.45) is -1.46. The molecule has 0 aliphatic carbocycles. The highest BCUT2D eigenvalue weighted by molar-refractivity contribution is 5.93. The molecular weight excluding hydrogens is 433 g/mol. The summed E-state index contributed by atoms with van der Waals surface area (Å²) in [5, 5.41) is 3.01. The number of nitrogens with zero attached hydrogens (tertiary/aromatic N) is 1. The van der Waals surface area contributed by atoms with Gasteiger partial charge in [-0.15, -0.1) is 0 Å². The van der Waals surface area contributed by atoms with Crippen LogP contribution < -0.4 is 10.1 Å². The molecule has 0 radical (unpaired) electrons. The molecule has 5 nitrogen and oxygen atoms in total. The van der Waals surface area contributed by atoms with Crippen molar-refractivity contribution in [3.05, 3.63) is 89.4 Å². The van der Waals surface area contributed by atoms with Crippen LogP contribution in [0.25, 0.3) is 0 Å². The molecule has 0 spiro atoms. The fraction of sp³-hybridized carbons (Fsp3) is 0.320. The number of rotatable bonds is 7. The lowest BCUT2D eigenvalue weighted by molar-refractivity contribution is -0.137. The lowest BCUT2D eigenvalue weighted by atomic mass is 10.0. The second-order valence-corrected chi connectivity index (χ2v) is 8.10. The van der Waals surface area contributed by atoms with Gasteiger partial charge in [0.05, 0.1) is 11.8 Å². The van der Waals surface area contributed by atoms with Crippen molar-refractivity contribution in [2.45, 2.75) is 38.2 Å². The quantitative estimate of drug-likeness (QED) is 0.524. The smallest absolute Gasteiger partial charge is 0.416 e. The summed E-state index contributed by atoms with van der Waals surface area (Å²) < 4.78 is 49.9. The van der Waals surface area contributed by atoms with E-state index in [2.05, 4.69) is 10.2 Å². The number of hydrogen-bond donors (Lipinski definition) is 1. The predicted molar refractivity (Wildman–Crippen MR) is 117 cm³/mol.